The predicted octanol–water partition coefficient (Wildman–Crippen LogP) is 3.53. The van der Waals surface area contributed by atoms with Gasteiger partial charge in [-0.1, -0.05) is 34.8 Å². The van der Waals surface area contributed by atoms with Crippen molar-refractivity contribution in [2.24, 2.45) is 0 Å². The van der Waals surface area contributed by atoms with Crippen molar-refractivity contribution in [3.8, 4) is 0 Å². The van der Waals surface area contributed by atoms with Gasteiger partial charge in [0.2, 0.25) is 0 Å². The quantitative estimate of drug-likeness (QED) is 0.634. The number of Topliss-reactive ketones (excluding diaryl/α,β-unsaturated/α-hetero) is 1. The highest BCUT2D eigenvalue weighted by atomic mass is 35.5. The van der Waals surface area contributed by atoms with E-state index in [1.165, 1.54) is 0 Å². The maximum absolute atomic E-state index is 11.9. The van der Waals surface area contributed by atoms with E-state index in [0.29, 0.717) is 10.6 Å². The average molecular weight is 306 g/mol. The first kappa shape index (κ1) is 13.4. The standard InChI is InChI=1S/C12H7Cl3O3/c13-7-3-1-6(2-4-7)8(16)5-9-10(14)11(15)12(17)18-9/h1-4,9H,5H2. The Balaban J connectivity index is 2.09. The molecule has 1 aliphatic rings. The van der Waals surface area contributed by atoms with Crippen molar-refractivity contribution >= 4 is 46.6 Å². The molecule has 1 atom stereocenters. The third-order valence-electron chi connectivity index (χ3n) is 2.46. The molecule has 6 heteroatoms. The topological polar surface area (TPSA) is 43.4 Å². The molecule has 0 aromatic heterocycles. The molecule has 2 rings (SSSR count). The van der Waals surface area contributed by atoms with Gasteiger partial charge in [-0.05, 0) is 24.3 Å². The zero-order chi connectivity index (χ0) is 13.3. The van der Waals surface area contributed by atoms with Crippen LogP contribution >= 0.6 is 34.8 Å². The summed E-state index contributed by atoms with van der Waals surface area (Å²) in [5.74, 6) is -0.899. The van der Waals surface area contributed by atoms with Crippen molar-refractivity contribution in [1.82, 2.24) is 0 Å². The normalized spacial score (nSPS) is 19.1. The summed E-state index contributed by atoms with van der Waals surface area (Å²) in [4.78, 5) is 23.0. The molecule has 0 radical (unpaired) electrons. The SMILES string of the molecule is O=C1OC(CC(=O)c2ccc(Cl)cc2)C(Cl)=C1Cl. The summed E-state index contributed by atoms with van der Waals surface area (Å²) in [7, 11) is 0. The molecule has 0 saturated heterocycles. The molecule has 0 bridgehead atoms. The van der Waals surface area contributed by atoms with Crippen LogP contribution in [0.1, 0.15) is 16.8 Å². The number of carbonyl (C=O) groups is 2. The van der Waals surface area contributed by atoms with Gasteiger partial charge < -0.3 is 4.74 Å². The summed E-state index contributed by atoms with van der Waals surface area (Å²) in [5, 5.41) is 0.453. The molecule has 0 saturated carbocycles. The van der Waals surface area contributed by atoms with Crippen LogP contribution < -0.4 is 0 Å². The Labute approximate surface area is 118 Å². The lowest BCUT2D eigenvalue weighted by molar-refractivity contribution is -0.138. The first-order chi connectivity index (χ1) is 8.49. The van der Waals surface area contributed by atoms with Gasteiger partial charge in [-0.15, -0.1) is 0 Å². The number of ether oxygens (including phenoxy) is 1. The van der Waals surface area contributed by atoms with Crippen molar-refractivity contribution < 1.29 is 14.3 Å². The molecule has 1 unspecified atom stereocenters. The fourth-order valence-corrected chi connectivity index (χ4v) is 2.02. The van der Waals surface area contributed by atoms with Gasteiger partial charge in [0.25, 0.3) is 0 Å². The molecule has 0 aliphatic carbocycles. The van der Waals surface area contributed by atoms with Gasteiger partial charge in [0.15, 0.2) is 5.78 Å². The van der Waals surface area contributed by atoms with Gasteiger partial charge in [-0.2, -0.15) is 0 Å². The Morgan fingerprint density at radius 1 is 1.17 bits per heavy atom. The van der Waals surface area contributed by atoms with Crippen molar-refractivity contribution in [3.63, 3.8) is 0 Å². The minimum Gasteiger partial charge on any atom is -0.452 e. The van der Waals surface area contributed by atoms with Crippen LogP contribution in [0.15, 0.2) is 34.3 Å². The Hall–Kier alpha value is -1.03. The molecular weight excluding hydrogens is 298 g/mol. The molecule has 3 nitrogen and oxygen atoms in total. The number of halogens is 3. The van der Waals surface area contributed by atoms with Crippen molar-refractivity contribution in [3.05, 3.63) is 44.9 Å². The van der Waals surface area contributed by atoms with Crippen LogP contribution in [0.2, 0.25) is 5.02 Å². The number of benzene rings is 1. The van der Waals surface area contributed by atoms with Crippen LogP contribution in [-0.4, -0.2) is 17.9 Å². The number of ketones is 1. The zero-order valence-corrected chi connectivity index (χ0v) is 11.2. The highest BCUT2D eigenvalue weighted by Crippen LogP contribution is 2.31. The van der Waals surface area contributed by atoms with E-state index in [1.54, 1.807) is 24.3 Å². The first-order valence-electron chi connectivity index (χ1n) is 5.04. The molecule has 1 heterocycles. The fourth-order valence-electron chi connectivity index (χ4n) is 1.52. The van der Waals surface area contributed by atoms with Gasteiger partial charge in [0, 0.05) is 10.6 Å². The molecule has 0 fully saturated rings. The Morgan fingerprint density at radius 2 is 1.78 bits per heavy atom. The number of hydrogen-bond donors (Lipinski definition) is 0. The molecule has 1 aromatic rings. The zero-order valence-electron chi connectivity index (χ0n) is 8.95. The summed E-state index contributed by atoms with van der Waals surface area (Å²) in [5.41, 5.74) is 0.475. The molecule has 0 amide bonds. The minimum absolute atomic E-state index is 0.0393. The lowest BCUT2D eigenvalue weighted by atomic mass is 10.1. The van der Waals surface area contributed by atoms with Gasteiger partial charge in [0.05, 0.1) is 11.5 Å². The number of rotatable bonds is 3. The van der Waals surface area contributed by atoms with Crippen LogP contribution in [0.5, 0.6) is 0 Å². The lowest BCUT2D eigenvalue weighted by Crippen LogP contribution is -2.15. The Morgan fingerprint density at radius 3 is 2.28 bits per heavy atom. The second kappa shape index (κ2) is 5.31. The van der Waals surface area contributed by atoms with E-state index in [4.69, 9.17) is 39.5 Å². The largest absolute Gasteiger partial charge is 0.452 e. The monoisotopic (exact) mass is 304 g/mol. The first-order valence-corrected chi connectivity index (χ1v) is 6.17. The maximum Gasteiger partial charge on any atom is 0.351 e. The summed E-state index contributed by atoms with van der Waals surface area (Å²) in [6, 6.07) is 6.42. The molecule has 0 N–H and O–H groups in total. The molecule has 1 aliphatic heterocycles. The molecule has 94 valence electrons. The fraction of sp³-hybridized carbons (Fsp3) is 0.167. The van der Waals surface area contributed by atoms with Gasteiger partial charge >= 0.3 is 5.97 Å². The average Bonchev–Trinajstić information content (AvgIpc) is 2.58. The molecule has 0 spiro atoms. The third-order valence-corrected chi connectivity index (χ3v) is 3.60. The smallest absolute Gasteiger partial charge is 0.351 e. The summed E-state index contributed by atoms with van der Waals surface area (Å²) >= 11 is 17.1. The Bertz CT molecular complexity index is 534. The highest BCUT2D eigenvalue weighted by molar-refractivity contribution is 6.48. The number of esters is 1. The number of cyclic esters (lactones) is 1. The molecule has 1 aromatic carbocycles. The van der Waals surface area contributed by atoms with Crippen molar-refractivity contribution in [1.29, 1.82) is 0 Å². The van der Waals surface area contributed by atoms with Crippen LogP contribution in [0.25, 0.3) is 0 Å². The number of hydrogen-bond acceptors (Lipinski definition) is 3. The highest BCUT2D eigenvalue weighted by Gasteiger charge is 2.33. The second-order valence-corrected chi connectivity index (χ2v) is 4.91. The lowest BCUT2D eigenvalue weighted by Gasteiger charge is -2.09. The van der Waals surface area contributed by atoms with Crippen LogP contribution in [0, 0.1) is 0 Å². The van der Waals surface area contributed by atoms with E-state index in [1.807, 2.05) is 0 Å². The maximum atomic E-state index is 11.9. The van der Waals surface area contributed by atoms with Crippen LogP contribution in [0.4, 0.5) is 0 Å². The van der Waals surface area contributed by atoms with Gasteiger partial charge in [0.1, 0.15) is 11.1 Å². The van der Waals surface area contributed by atoms with E-state index >= 15 is 0 Å². The van der Waals surface area contributed by atoms with Crippen LogP contribution in [0.3, 0.4) is 0 Å². The van der Waals surface area contributed by atoms with Gasteiger partial charge in [-0.25, -0.2) is 4.79 Å². The minimum atomic E-state index is -0.796. The summed E-state index contributed by atoms with van der Waals surface area (Å²) in [6.45, 7) is 0. The van der Waals surface area contributed by atoms with E-state index < -0.39 is 12.1 Å². The summed E-state index contributed by atoms with van der Waals surface area (Å²) < 4.78 is 4.88. The summed E-state index contributed by atoms with van der Waals surface area (Å²) in [6.07, 6.45) is -0.836. The van der Waals surface area contributed by atoms with Crippen LogP contribution in [-0.2, 0) is 9.53 Å². The van der Waals surface area contributed by atoms with E-state index in [-0.39, 0.29) is 22.3 Å². The van der Waals surface area contributed by atoms with E-state index in [2.05, 4.69) is 0 Å². The predicted molar refractivity (Wildman–Crippen MR) is 69.0 cm³/mol. The van der Waals surface area contributed by atoms with Gasteiger partial charge in [-0.3, -0.25) is 4.79 Å². The van der Waals surface area contributed by atoms with E-state index in [9.17, 15) is 9.59 Å². The second-order valence-electron chi connectivity index (χ2n) is 3.69. The van der Waals surface area contributed by atoms with E-state index in [0.717, 1.165) is 0 Å². The molecular formula is C12H7Cl3O3. The van der Waals surface area contributed by atoms with Crippen molar-refractivity contribution in [2.75, 3.05) is 0 Å². The van der Waals surface area contributed by atoms with Crippen molar-refractivity contribution in [2.45, 2.75) is 12.5 Å². The Kier molecular flexibility index (Phi) is 3.95. The third kappa shape index (κ3) is 2.69. The molecule has 18 heavy (non-hydrogen) atoms. The number of carbonyl (C=O) groups excluding carboxylic acids is 2.